The van der Waals surface area contributed by atoms with Crippen LogP contribution in [0.5, 0.6) is 0 Å². The molecule has 0 N–H and O–H groups in total. The van der Waals surface area contributed by atoms with Gasteiger partial charge in [0.1, 0.15) is 6.10 Å². The largest absolute Gasteiger partial charge is 0.455 e. The summed E-state index contributed by atoms with van der Waals surface area (Å²) in [7, 11) is 1.52. The molecule has 1 aliphatic heterocycles. The van der Waals surface area contributed by atoms with Crippen molar-refractivity contribution in [3.8, 4) is 0 Å². The van der Waals surface area contributed by atoms with Gasteiger partial charge in [0, 0.05) is 13.5 Å². The fourth-order valence-electron chi connectivity index (χ4n) is 2.98. The summed E-state index contributed by atoms with van der Waals surface area (Å²) >= 11 is 0. The summed E-state index contributed by atoms with van der Waals surface area (Å²) in [5, 5.41) is 0. The van der Waals surface area contributed by atoms with E-state index in [2.05, 4.69) is 0 Å². The van der Waals surface area contributed by atoms with E-state index in [-0.39, 0.29) is 6.42 Å². The molecule has 0 spiro atoms. The van der Waals surface area contributed by atoms with Crippen molar-refractivity contribution in [2.75, 3.05) is 7.11 Å². The van der Waals surface area contributed by atoms with Gasteiger partial charge in [-0.15, -0.1) is 0 Å². The Morgan fingerprint density at radius 2 is 1.41 bits per heavy atom. The van der Waals surface area contributed by atoms with Crippen LogP contribution in [-0.2, 0) is 18.9 Å². The van der Waals surface area contributed by atoms with Gasteiger partial charge in [0.25, 0.3) is 0 Å². The number of methoxy groups -OCH3 is 1. The van der Waals surface area contributed by atoms with E-state index in [0.29, 0.717) is 11.1 Å². The van der Waals surface area contributed by atoms with Gasteiger partial charge in [-0.25, -0.2) is 9.59 Å². The molecule has 0 saturated carbocycles. The second-order valence-corrected chi connectivity index (χ2v) is 6.29. The van der Waals surface area contributed by atoms with Gasteiger partial charge < -0.3 is 18.9 Å². The second kappa shape index (κ2) is 8.79. The Labute approximate surface area is 158 Å². The number of hydrogen-bond donors (Lipinski definition) is 0. The third kappa shape index (κ3) is 4.72. The molecule has 1 saturated heterocycles. The zero-order valence-corrected chi connectivity index (χ0v) is 15.2. The molecule has 2 aromatic carbocycles. The number of carbonyl (C=O) groups excluding carboxylic acids is 2. The van der Waals surface area contributed by atoms with Crippen LogP contribution in [0.15, 0.2) is 60.7 Å². The quantitative estimate of drug-likeness (QED) is 0.753. The van der Waals surface area contributed by atoms with Crippen molar-refractivity contribution in [1.82, 2.24) is 0 Å². The minimum absolute atomic E-state index is 0.270. The highest BCUT2D eigenvalue weighted by molar-refractivity contribution is 5.90. The third-order valence-corrected chi connectivity index (χ3v) is 4.40. The zero-order chi connectivity index (χ0) is 19.2. The number of esters is 2. The van der Waals surface area contributed by atoms with Crippen LogP contribution in [0, 0.1) is 0 Å². The topological polar surface area (TPSA) is 71.1 Å². The average Bonchev–Trinajstić information content (AvgIpc) is 2.71. The van der Waals surface area contributed by atoms with Gasteiger partial charge in [0.2, 0.25) is 0 Å². The van der Waals surface area contributed by atoms with Gasteiger partial charge in [0.15, 0.2) is 12.4 Å². The summed E-state index contributed by atoms with van der Waals surface area (Å²) in [6.07, 6.45) is -2.19. The Balaban J connectivity index is 1.76. The Hall–Kier alpha value is -2.70. The summed E-state index contributed by atoms with van der Waals surface area (Å²) in [6, 6.07) is 17.3. The highest BCUT2D eigenvalue weighted by Gasteiger charge is 2.42. The van der Waals surface area contributed by atoms with Crippen molar-refractivity contribution in [1.29, 1.82) is 0 Å². The molecule has 1 heterocycles. The van der Waals surface area contributed by atoms with Gasteiger partial charge in [-0.3, -0.25) is 0 Å². The van der Waals surface area contributed by atoms with E-state index in [4.69, 9.17) is 18.9 Å². The number of benzene rings is 2. The van der Waals surface area contributed by atoms with Crippen molar-refractivity contribution in [2.45, 2.75) is 37.9 Å². The van der Waals surface area contributed by atoms with E-state index in [0.717, 1.165) is 0 Å². The number of hydrogen-bond acceptors (Lipinski definition) is 6. The van der Waals surface area contributed by atoms with Crippen LogP contribution in [0.25, 0.3) is 0 Å². The first-order valence-electron chi connectivity index (χ1n) is 8.79. The molecule has 6 nitrogen and oxygen atoms in total. The van der Waals surface area contributed by atoms with E-state index >= 15 is 0 Å². The van der Waals surface area contributed by atoms with Crippen LogP contribution in [0.1, 0.15) is 34.1 Å². The molecular formula is C21H22O6. The average molecular weight is 370 g/mol. The molecule has 0 bridgehead atoms. The monoisotopic (exact) mass is 370 g/mol. The summed E-state index contributed by atoms with van der Waals surface area (Å²) in [5.74, 6) is -0.974. The smallest absolute Gasteiger partial charge is 0.338 e. The van der Waals surface area contributed by atoms with Gasteiger partial charge in [0.05, 0.1) is 17.2 Å². The molecule has 0 radical (unpaired) electrons. The zero-order valence-electron chi connectivity index (χ0n) is 15.2. The summed E-state index contributed by atoms with van der Waals surface area (Å²) < 4.78 is 22.3. The molecule has 142 valence electrons. The predicted octanol–water partition coefficient (Wildman–Crippen LogP) is 3.22. The van der Waals surface area contributed by atoms with E-state index in [1.807, 2.05) is 12.1 Å². The summed E-state index contributed by atoms with van der Waals surface area (Å²) in [6.45, 7) is 1.76. The van der Waals surface area contributed by atoms with Crippen molar-refractivity contribution >= 4 is 11.9 Å². The molecule has 1 aliphatic rings. The molecular weight excluding hydrogens is 348 g/mol. The minimum atomic E-state index is -0.739. The normalized spacial score (nSPS) is 24.8. The Morgan fingerprint density at radius 1 is 0.889 bits per heavy atom. The van der Waals surface area contributed by atoms with Crippen molar-refractivity contribution in [3.63, 3.8) is 0 Å². The summed E-state index contributed by atoms with van der Waals surface area (Å²) in [4.78, 5) is 24.9. The predicted molar refractivity (Wildman–Crippen MR) is 97.3 cm³/mol. The standard InChI is InChI=1S/C21H22O6/c1-14-19(27-21(23)16-11-7-4-8-12-16)17(13-18(24-2)25-14)26-20(22)15-9-5-3-6-10-15/h3-12,14,17-19H,13H2,1-2H3/t14-,17-,18-,19-/m1/s1. The number of rotatable bonds is 5. The third-order valence-electron chi connectivity index (χ3n) is 4.40. The van der Waals surface area contributed by atoms with Crippen LogP contribution >= 0.6 is 0 Å². The van der Waals surface area contributed by atoms with Crippen molar-refractivity contribution in [2.24, 2.45) is 0 Å². The number of carbonyl (C=O) groups is 2. The SMILES string of the molecule is CO[C@H]1C[C@@H](OC(=O)c2ccccc2)[C@H](OC(=O)c2ccccc2)[C@@H](C)O1. The lowest BCUT2D eigenvalue weighted by molar-refractivity contribution is -0.236. The molecule has 2 aromatic rings. The highest BCUT2D eigenvalue weighted by atomic mass is 16.7. The lowest BCUT2D eigenvalue weighted by Crippen LogP contribution is -2.51. The van der Waals surface area contributed by atoms with Gasteiger partial charge in [-0.2, -0.15) is 0 Å². The number of ether oxygens (including phenoxy) is 4. The molecule has 4 atom stereocenters. The molecule has 0 aromatic heterocycles. The molecule has 1 fully saturated rings. The molecule has 27 heavy (non-hydrogen) atoms. The van der Waals surface area contributed by atoms with Gasteiger partial charge in [-0.1, -0.05) is 36.4 Å². The van der Waals surface area contributed by atoms with E-state index in [1.165, 1.54) is 7.11 Å². The van der Waals surface area contributed by atoms with Crippen molar-refractivity contribution < 1.29 is 28.5 Å². The molecule has 0 unspecified atom stereocenters. The fourth-order valence-corrected chi connectivity index (χ4v) is 2.98. The summed E-state index contributed by atoms with van der Waals surface area (Å²) in [5.41, 5.74) is 0.852. The van der Waals surface area contributed by atoms with Crippen LogP contribution in [0.4, 0.5) is 0 Å². The first-order chi connectivity index (χ1) is 13.1. The van der Waals surface area contributed by atoms with E-state index in [9.17, 15) is 9.59 Å². The molecule has 0 amide bonds. The van der Waals surface area contributed by atoms with Crippen LogP contribution in [0.2, 0.25) is 0 Å². The van der Waals surface area contributed by atoms with Crippen LogP contribution in [-0.4, -0.2) is 43.7 Å². The Bertz CT molecular complexity index is 761. The van der Waals surface area contributed by atoms with E-state index in [1.54, 1.807) is 55.5 Å². The maximum Gasteiger partial charge on any atom is 0.338 e. The Morgan fingerprint density at radius 3 is 1.93 bits per heavy atom. The lowest BCUT2D eigenvalue weighted by atomic mass is 10.0. The van der Waals surface area contributed by atoms with Crippen LogP contribution in [0.3, 0.4) is 0 Å². The van der Waals surface area contributed by atoms with Gasteiger partial charge >= 0.3 is 11.9 Å². The van der Waals surface area contributed by atoms with E-state index < -0.39 is 36.5 Å². The maximum absolute atomic E-state index is 12.5. The first-order valence-corrected chi connectivity index (χ1v) is 8.79. The molecule has 0 aliphatic carbocycles. The Kier molecular flexibility index (Phi) is 6.21. The first kappa shape index (κ1) is 19.1. The highest BCUT2D eigenvalue weighted by Crippen LogP contribution is 2.27. The van der Waals surface area contributed by atoms with Crippen molar-refractivity contribution in [3.05, 3.63) is 71.8 Å². The van der Waals surface area contributed by atoms with Gasteiger partial charge in [-0.05, 0) is 31.2 Å². The lowest BCUT2D eigenvalue weighted by Gasteiger charge is -2.38. The second-order valence-electron chi connectivity index (χ2n) is 6.29. The maximum atomic E-state index is 12.5. The molecule has 3 rings (SSSR count). The van der Waals surface area contributed by atoms with Crippen LogP contribution < -0.4 is 0 Å². The minimum Gasteiger partial charge on any atom is -0.455 e. The molecule has 6 heteroatoms. The fraction of sp³-hybridized carbons (Fsp3) is 0.333.